The Morgan fingerprint density at radius 2 is 2.19 bits per heavy atom. The molecular weight excluding hydrogens is 243 g/mol. The highest BCUT2D eigenvalue weighted by Gasteiger charge is 2.23. The van der Waals surface area contributed by atoms with Crippen LogP contribution in [0.5, 0.6) is 0 Å². The van der Waals surface area contributed by atoms with Gasteiger partial charge in [-0.1, -0.05) is 29.3 Å². The Balaban J connectivity index is 2.57. The van der Waals surface area contributed by atoms with Crippen molar-refractivity contribution in [3.8, 4) is 0 Å². The highest BCUT2D eigenvalue weighted by molar-refractivity contribution is 6.43. The monoisotopic (exact) mass is 258 g/mol. The van der Waals surface area contributed by atoms with Gasteiger partial charge in [-0.05, 0) is 36.9 Å². The molecule has 0 amide bonds. The number of nitrogens with zero attached hydrogens (tertiary/aromatic N) is 1. The smallest absolute Gasteiger partial charge is 0.0828 e. The fourth-order valence-electron chi connectivity index (χ4n) is 2.36. The summed E-state index contributed by atoms with van der Waals surface area (Å²) in [5.41, 5.74) is 8.12. The molecule has 0 bridgehead atoms. The maximum atomic E-state index is 6.29. The number of nitrogens with two attached hydrogens (primary N) is 1. The topological polar surface area (TPSA) is 29.3 Å². The van der Waals surface area contributed by atoms with Gasteiger partial charge in [-0.15, -0.1) is 0 Å². The van der Waals surface area contributed by atoms with Crippen LogP contribution >= 0.6 is 23.2 Å². The first-order chi connectivity index (χ1) is 7.65. The summed E-state index contributed by atoms with van der Waals surface area (Å²) in [5, 5.41) is 1.27. The highest BCUT2D eigenvalue weighted by Crippen LogP contribution is 2.41. The zero-order chi connectivity index (χ0) is 11.7. The van der Waals surface area contributed by atoms with E-state index in [9.17, 15) is 0 Å². The lowest BCUT2D eigenvalue weighted by Crippen LogP contribution is -2.18. The number of fused-ring (bicyclic) bond motifs is 1. The second-order valence-electron chi connectivity index (χ2n) is 4.30. The van der Waals surface area contributed by atoms with E-state index in [0.29, 0.717) is 22.5 Å². The van der Waals surface area contributed by atoms with Crippen molar-refractivity contribution >= 4 is 28.9 Å². The summed E-state index contributed by atoms with van der Waals surface area (Å²) in [5.74, 6) is 0.398. The van der Waals surface area contributed by atoms with Gasteiger partial charge in [0.25, 0.3) is 0 Å². The van der Waals surface area contributed by atoms with Gasteiger partial charge in [0.1, 0.15) is 0 Å². The molecule has 1 aromatic carbocycles. The number of anilines is 1. The Kier molecular flexibility index (Phi) is 3.63. The molecule has 2 N–H and O–H groups in total. The summed E-state index contributed by atoms with van der Waals surface area (Å²) in [7, 11) is 2.06. The Bertz CT molecular complexity index is 393. The van der Waals surface area contributed by atoms with Gasteiger partial charge in [-0.3, -0.25) is 0 Å². The summed E-state index contributed by atoms with van der Waals surface area (Å²) in [6.45, 7) is 1.67. The molecule has 4 heteroatoms. The SMILES string of the molecule is CN1CCCC(CN)c2ccc(Cl)c(Cl)c21. The van der Waals surface area contributed by atoms with Crippen molar-refractivity contribution in [2.45, 2.75) is 18.8 Å². The molecule has 1 aromatic rings. The highest BCUT2D eigenvalue weighted by atomic mass is 35.5. The third kappa shape index (κ3) is 2.02. The third-order valence-electron chi connectivity index (χ3n) is 3.25. The molecule has 0 saturated heterocycles. The molecule has 0 aliphatic carbocycles. The van der Waals surface area contributed by atoms with Crippen LogP contribution in [0.3, 0.4) is 0 Å². The fraction of sp³-hybridized carbons (Fsp3) is 0.500. The molecule has 0 fully saturated rings. The van der Waals surface area contributed by atoms with Crippen molar-refractivity contribution in [3.63, 3.8) is 0 Å². The van der Waals surface area contributed by atoms with Crippen LogP contribution in [0.4, 0.5) is 5.69 Å². The first-order valence-corrected chi connectivity index (χ1v) is 6.30. The predicted octanol–water partition coefficient (Wildman–Crippen LogP) is 3.27. The minimum Gasteiger partial charge on any atom is -0.373 e. The van der Waals surface area contributed by atoms with Gasteiger partial charge in [-0.25, -0.2) is 0 Å². The molecule has 0 saturated carbocycles. The molecule has 1 unspecified atom stereocenters. The van der Waals surface area contributed by atoms with E-state index >= 15 is 0 Å². The molecule has 0 aromatic heterocycles. The van der Waals surface area contributed by atoms with E-state index < -0.39 is 0 Å². The van der Waals surface area contributed by atoms with E-state index in [-0.39, 0.29) is 0 Å². The van der Waals surface area contributed by atoms with E-state index in [0.717, 1.165) is 25.1 Å². The molecule has 1 aliphatic rings. The molecule has 2 rings (SSSR count). The van der Waals surface area contributed by atoms with Gasteiger partial charge in [0.15, 0.2) is 0 Å². The Hall–Kier alpha value is -0.440. The van der Waals surface area contributed by atoms with Crippen molar-refractivity contribution in [2.75, 3.05) is 25.0 Å². The molecule has 1 atom stereocenters. The lowest BCUT2D eigenvalue weighted by atomic mass is 9.94. The molecule has 1 heterocycles. The summed E-state index contributed by atoms with van der Waals surface area (Å²) in [6.07, 6.45) is 2.26. The molecule has 0 spiro atoms. The Morgan fingerprint density at radius 1 is 1.44 bits per heavy atom. The summed E-state index contributed by atoms with van der Waals surface area (Å²) in [6, 6.07) is 3.92. The first-order valence-electron chi connectivity index (χ1n) is 5.54. The summed E-state index contributed by atoms with van der Waals surface area (Å²) >= 11 is 12.4. The van der Waals surface area contributed by atoms with Gasteiger partial charge in [0, 0.05) is 13.6 Å². The van der Waals surface area contributed by atoms with E-state index in [1.54, 1.807) is 0 Å². The third-order valence-corrected chi connectivity index (χ3v) is 4.05. The van der Waals surface area contributed by atoms with Crippen LogP contribution in [0, 0.1) is 0 Å². The van der Waals surface area contributed by atoms with Crippen molar-refractivity contribution in [2.24, 2.45) is 5.73 Å². The molecule has 88 valence electrons. The van der Waals surface area contributed by atoms with Gasteiger partial charge in [-0.2, -0.15) is 0 Å². The largest absolute Gasteiger partial charge is 0.373 e. The van der Waals surface area contributed by atoms with Gasteiger partial charge < -0.3 is 10.6 Å². The van der Waals surface area contributed by atoms with Crippen LogP contribution in [-0.4, -0.2) is 20.1 Å². The van der Waals surface area contributed by atoms with E-state index in [1.807, 2.05) is 6.07 Å². The van der Waals surface area contributed by atoms with Crippen molar-refractivity contribution in [1.82, 2.24) is 0 Å². The van der Waals surface area contributed by atoms with Crippen molar-refractivity contribution in [1.29, 1.82) is 0 Å². The maximum Gasteiger partial charge on any atom is 0.0828 e. The zero-order valence-corrected chi connectivity index (χ0v) is 10.9. The maximum absolute atomic E-state index is 6.29. The first kappa shape index (κ1) is 12.0. The molecule has 1 aliphatic heterocycles. The Labute approximate surface area is 106 Å². The number of hydrogen-bond donors (Lipinski definition) is 1. The minimum atomic E-state index is 0.398. The molecule has 16 heavy (non-hydrogen) atoms. The number of halogens is 2. The lowest BCUT2D eigenvalue weighted by Gasteiger charge is -2.23. The standard InChI is InChI=1S/C12H16Cl2N2/c1-16-6-2-3-8(7-15)9-4-5-10(13)11(14)12(9)16/h4-5,8H,2-3,6-7,15H2,1H3. The molecule has 0 radical (unpaired) electrons. The van der Waals surface area contributed by atoms with Crippen LogP contribution in [0.2, 0.25) is 10.0 Å². The minimum absolute atomic E-state index is 0.398. The average Bonchev–Trinajstić information content (AvgIpc) is 2.43. The van der Waals surface area contributed by atoms with Crippen LogP contribution < -0.4 is 10.6 Å². The molecular formula is C12H16Cl2N2. The van der Waals surface area contributed by atoms with E-state index in [4.69, 9.17) is 28.9 Å². The van der Waals surface area contributed by atoms with Gasteiger partial charge in [0.2, 0.25) is 0 Å². The van der Waals surface area contributed by atoms with Crippen LogP contribution in [0.25, 0.3) is 0 Å². The van der Waals surface area contributed by atoms with Gasteiger partial charge >= 0.3 is 0 Å². The molecule has 2 nitrogen and oxygen atoms in total. The second kappa shape index (κ2) is 4.82. The lowest BCUT2D eigenvalue weighted by molar-refractivity contribution is 0.619. The fourth-order valence-corrected chi connectivity index (χ4v) is 2.83. The predicted molar refractivity (Wildman–Crippen MR) is 70.8 cm³/mol. The number of rotatable bonds is 1. The summed E-state index contributed by atoms with van der Waals surface area (Å²) < 4.78 is 0. The second-order valence-corrected chi connectivity index (χ2v) is 5.08. The average molecular weight is 259 g/mol. The van der Waals surface area contributed by atoms with Crippen LogP contribution in [0.15, 0.2) is 12.1 Å². The van der Waals surface area contributed by atoms with Crippen molar-refractivity contribution in [3.05, 3.63) is 27.7 Å². The van der Waals surface area contributed by atoms with Crippen LogP contribution in [0.1, 0.15) is 24.3 Å². The van der Waals surface area contributed by atoms with Crippen LogP contribution in [-0.2, 0) is 0 Å². The normalized spacial score (nSPS) is 20.5. The van der Waals surface area contributed by atoms with E-state index in [1.165, 1.54) is 5.56 Å². The van der Waals surface area contributed by atoms with Gasteiger partial charge in [0.05, 0.1) is 15.7 Å². The Morgan fingerprint density at radius 3 is 2.88 bits per heavy atom. The quantitative estimate of drug-likeness (QED) is 0.838. The summed E-state index contributed by atoms with van der Waals surface area (Å²) in [4.78, 5) is 2.18. The van der Waals surface area contributed by atoms with Crippen molar-refractivity contribution < 1.29 is 0 Å². The zero-order valence-electron chi connectivity index (χ0n) is 9.34. The van der Waals surface area contributed by atoms with E-state index in [2.05, 4.69) is 18.0 Å². The number of benzene rings is 1. The number of hydrogen-bond acceptors (Lipinski definition) is 2.